The first-order valence-electron chi connectivity index (χ1n) is 5.67. The summed E-state index contributed by atoms with van der Waals surface area (Å²) in [6, 6.07) is 4.58. The molecule has 1 aromatic heterocycles. The van der Waals surface area contributed by atoms with Crippen LogP contribution in [0, 0.1) is 12.7 Å². The molecule has 2 rings (SSSR count). The van der Waals surface area contributed by atoms with Gasteiger partial charge in [0, 0.05) is 5.56 Å². The highest BCUT2D eigenvalue weighted by molar-refractivity contribution is 5.72. The fourth-order valence-electron chi connectivity index (χ4n) is 1.58. The second kappa shape index (κ2) is 4.68. The van der Waals surface area contributed by atoms with Gasteiger partial charge in [-0.1, -0.05) is 5.16 Å². The number of nitrogens with two attached hydrogens (primary N) is 1. The van der Waals surface area contributed by atoms with Crippen molar-refractivity contribution < 1.29 is 13.7 Å². The molecule has 96 valence electrons. The Kier molecular flexibility index (Phi) is 3.23. The lowest BCUT2D eigenvalue weighted by Crippen LogP contribution is -2.06. The van der Waals surface area contributed by atoms with E-state index in [0.29, 0.717) is 22.7 Å². The predicted octanol–water partition coefficient (Wildman–Crippen LogP) is 3.16. The maximum absolute atomic E-state index is 13.8. The molecule has 0 aliphatic carbocycles. The Hall–Kier alpha value is -2.04. The molecular weight excluding hydrogens is 235 g/mol. The molecule has 0 radical (unpaired) electrons. The minimum Gasteiger partial charge on any atom is -0.488 e. The summed E-state index contributed by atoms with van der Waals surface area (Å²) in [5.41, 5.74) is 7.35. The molecule has 4 nitrogen and oxygen atoms in total. The zero-order valence-corrected chi connectivity index (χ0v) is 10.5. The summed E-state index contributed by atoms with van der Waals surface area (Å²) in [4.78, 5) is 0. The number of anilines is 1. The van der Waals surface area contributed by atoms with E-state index in [-0.39, 0.29) is 11.9 Å². The first-order chi connectivity index (χ1) is 8.49. The number of benzene rings is 1. The van der Waals surface area contributed by atoms with Crippen LogP contribution in [0.4, 0.5) is 10.1 Å². The van der Waals surface area contributed by atoms with E-state index in [4.69, 9.17) is 15.0 Å². The SMILES string of the molecule is Cc1noc(-c2ccc(OC(C)C)c(F)c2)c1N. The fourth-order valence-corrected chi connectivity index (χ4v) is 1.58. The number of halogens is 1. The van der Waals surface area contributed by atoms with E-state index < -0.39 is 5.82 Å². The van der Waals surface area contributed by atoms with Crippen molar-refractivity contribution >= 4 is 5.69 Å². The number of rotatable bonds is 3. The van der Waals surface area contributed by atoms with Crippen molar-refractivity contribution in [1.82, 2.24) is 5.16 Å². The van der Waals surface area contributed by atoms with Gasteiger partial charge in [-0.15, -0.1) is 0 Å². The van der Waals surface area contributed by atoms with E-state index in [1.54, 1.807) is 19.1 Å². The Balaban J connectivity index is 2.37. The number of hydrogen-bond donors (Lipinski definition) is 1. The lowest BCUT2D eigenvalue weighted by molar-refractivity contribution is 0.231. The predicted molar refractivity (Wildman–Crippen MR) is 66.8 cm³/mol. The van der Waals surface area contributed by atoms with Crippen molar-refractivity contribution in [3.63, 3.8) is 0 Å². The number of nitrogen functional groups attached to an aromatic ring is 1. The molecule has 5 heteroatoms. The molecule has 0 atom stereocenters. The maximum atomic E-state index is 13.8. The van der Waals surface area contributed by atoms with E-state index in [0.717, 1.165) is 0 Å². The summed E-state index contributed by atoms with van der Waals surface area (Å²) in [6.45, 7) is 5.41. The molecule has 0 unspecified atom stereocenters. The number of nitrogens with zero attached hydrogens (tertiary/aromatic N) is 1. The number of ether oxygens (including phenoxy) is 1. The molecule has 0 aliphatic rings. The first kappa shape index (κ1) is 12.4. The molecule has 1 aromatic carbocycles. The minimum atomic E-state index is -0.449. The summed E-state index contributed by atoms with van der Waals surface area (Å²) in [5.74, 6) is 0.140. The molecule has 0 saturated carbocycles. The lowest BCUT2D eigenvalue weighted by atomic mass is 10.1. The summed E-state index contributed by atoms with van der Waals surface area (Å²) < 4.78 is 24.2. The third-order valence-electron chi connectivity index (χ3n) is 2.47. The van der Waals surface area contributed by atoms with Crippen LogP contribution in [0.25, 0.3) is 11.3 Å². The summed E-state index contributed by atoms with van der Waals surface area (Å²) >= 11 is 0. The minimum absolute atomic E-state index is 0.0806. The van der Waals surface area contributed by atoms with Crippen molar-refractivity contribution in [1.29, 1.82) is 0 Å². The highest BCUT2D eigenvalue weighted by Gasteiger charge is 2.14. The maximum Gasteiger partial charge on any atom is 0.190 e. The van der Waals surface area contributed by atoms with Gasteiger partial charge in [-0.05, 0) is 39.0 Å². The van der Waals surface area contributed by atoms with Crippen LogP contribution >= 0.6 is 0 Å². The van der Waals surface area contributed by atoms with Crippen LogP contribution in [0.2, 0.25) is 0 Å². The van der Waals surface area contributed by atoms with Crippen molar-refractivity contribution in [3.05, 3.63) is 29.7 Å². The monoisotopic (exact) mass is 250 g/mol. The van der Waals surface area contributed by atoms with E-state index in [1.165, 1.54) is 6.07 Å². The Labute approximate surface area is 105 Å². The zero-order valence-electron chi connectivity index (χ0n) is 10.5. The number of aryl methyl sites for hydroxylation is 1. The fraction of sp³-hybridized carbons (Fsp3) is 0.308. The van der Waals surface area contributed by atoms with Crippen LogP contribution in [-0.2, 0) is 0 Å². The van der Waals surface area contributed by atoms with Crippen molar-refractivity contribution in [2.24, 2.45) is 0 Å². The molecule has 0 bridgehead atoms. The second-order valence-corrected chi connectivity index (χ2v) is 4.32. The van der Waals surface area contributed by atoms with Gasteiger partial charge in [0.15, 0.2) is 17.3 Å². The molecule has 0 saturated heterocycles. The van der Waals surface area contributed by atoms with Gasteiger partial charge in [0.05, 0.1) is 6.10 Å². The van der Waals surface area contributed by atoms with Gasteiger partial charge >= 0.3 is 0 Å². The topological polar surface area (TPSA) is 61.3 Å². The average molecular weight is 250 g/mol. The highest BCUT2D eigenvalue weighted by Crippen LogP contribution is 2.31. The molecule has 2 N–H and O–H groups in total. The smallest absolute Gasteiger partial charge is 0.190 e. The van der Waals surface area contributed by atoms with E-state index in [2.05, 4.69) is 5.16 Å². The number of aromatic nitrogens is 1. The van der Waals surface area contributed by atoms with Crippen LogP contribution in [-0.4, -0.2) is 11.3 Å². The van der Waals surface area contributed by atoms with Gasteiger partial charge < -0.3 is 15.0 Å². The van der Waals surface area contributed by atoms with Crippen LogP contribution in [0.15, 0.2) is 22.7 Å². The quantitative estimate of drug-likeness (QED) is 0.908. The molecule has 18 heavy (non-hydrogen) atoms. The van der Waals surface area contributed by atoms with Gasteiger partial charge in [-0.3, -0.25) is 0 Å². The molecule has 0 fully saturated rings. The third-order valence-corrected chi connectivity index (χ3v) is 2.47. The Morgan fingerprint density at radius 1 is 1.39 bits per heavy atom. The lowest BCUT2D eigenvalue weighted by Gasteiger charge is -2.10. The average Bonchev–Trinajstić information content (AvgIpc) is 2.62. The second-order valence-electron chi connectivity index (χ2n) is 4.32. The van der Waals surface area contributed by atoms with Crippen LogP contribution in [0.5, 0.6) is 5.75 Å². The summed E-state index contributed by atoms with van der Waals surface area (Å²) in [6.07, 6.45) is -0.0806. The Morgan fingerprint density at radius 3 is 2.61 bits per heavy atom. The molecule has 0 amide bonds. The summed E-state index contributed by atoms with van der Waals surface area (Å²) in [5, 5.41) is 3.74. The first-order valence-corrected chi connectivity index (χ1v) is 5.67. The molecule has 1 heterocycles. The van der Waals surface area contributed by atoms with Gasteiger partial charge in [-0.25, -0.2) is 4.39 Å². The highest BCUT2D eigenvalue weighted by atomic mass is 19.1. The molecule has 0 aliphatic heterocycles. The van der Waals surface area contributed by atoms with E-state index in [1.807, 2.05) is 13.8 Å². The third kappa shape index (κ3) is 2.30. The molecular formula is C13H15FN2O2. The normalized spacial score (nSPS) is 10.9. The van der Waals surface area contributed by atoms with Gasteiger partial charge in [0.25, 0.3) is 0 Å². The number of hydrogen-bond acceptors (Lipinski definition) is 4. The standard InChI is InChI=1S/C13H15FN2O2/c1-7(2)17-11-5-4-9(6-10(11)14)13-12(15)8(3)16-18-13/h4-7H,15H2,1-3H3. The zero-order chi connectivity index (χ0) is 13.3. The molecule has 0 spiro atoms. The Bertz CT molecular complexity index is 564. The van der Waals surface area contributed by atoms with Crippen LogP contribution in [0.3, 0.4) is 0 Å². The van der Waals surface area contributed by atoms with Gasteiger partial charge in [0.2, 0.25) is 0 Å². The largest absolute Gasteiger partial charge is 0.488 e. The van der Waals surface area contributed by atoms with Crippen molar-refractivity contribution in [2.45, 2.75) is 26.9 Å². The van der Waals surface area contributed by atoms with Crippen LogP contribution < -0.4 is 10.5 Å². The van der Waals surface area contributed by atoms with E-state index >= 15 is 0 Å². The van der Waals surface area contributed by atoms with Gasteiger partial charge in [0.1, 0.15) is 11.4 Å². The Morgan fingerprint density at radius 2 is 2.11 bits per heavy atom. The summed E-state index contributed by atoms with van der Waals surface area (Å²) in [7, 11) is 0. The molecule has 2 aromatic rings. The van der Waals surface area contributed by atoms with E-state index in [9.17, 15) is 4.39 Å². The van der Waals surface area contributed by atoms with Gasteiger partial charge in [-0.2, -0.15) is 0 Å². The van der Waals surface area contributed by atoms with Crippen LogP contribution in [0.1, 0.15) is 19.5 Å². The van der Waals surface area contributed by atoms with Crippen molar-refractivity contribution in [3.8, 4) is 17.1 Å². The van der Waals surface area contributed by atoms with Crippen molar-refractivity contribution in [2.75, 3.05) is 5.73 Å².